The van der Waals surface area contributed by atoms with Crippen molar-refractivity contribution in [2.75, 3.05) is 32.9 Å². The van der Waals surface area contributed by atoms with Gasteiger partial charge in [-0.1, -0.05) is 79.7 Å². The molecule has 6 atom stereocenters. The van der Waals surface area contributed by atoms with Crippen LogP contribution in [0.3, 0.4) is 0 Å². The van der Waals surface area contributed by atoms with Crippen LogP contribution in [0.15, 0.2) is 24.3 Å². The molecular formula is C38H62F2N6O6S. The predicted octanol–water partition coefficient (Wildman–Crippen LogP) is 4.08. The maximum atomic E-state index is 14.5. The molecule has 0 radical (unpaired) electrons. The highest BCUT2D eigenvalue weighted by Crippen LogP contribution is 2.51. The SMILES string of the molecule is Cc1ccccc1CCNC(=O)[C@H](CC(F)F)NC(=O)[C@@H]1C2CC(C)(C)CC2CN1C(=O)[C@@H](NC(=O)N[C@H](CN(C)S(C)(=O)=O)C(C)(C)C)C(C)(C)C. The molecule has 0 aromatic heterocycles. The molecule has 1 saturated carbocycles. The third-order valence-corrected chi connectivity index (χ3v) is 12.0. The predicted molar refractivity (Wildman–Crippen MR) is 202 cm³/mol. The van der Waals surface area contributed by atoms with Gasteiger partial charge in [0.1, 0.15) is 18.1 Å². The Labute approximate surface area is 315 Å². The third kappa shape index (κ3) is 12.1. The average Bonchev–Trinajstić information content (AvgIpc) is 3.49. The molecule has 1 heterocycles. The van der Waals surface area contributed by atoms with Gasteiger partial charge in [-0.25, -0.2) is 26.3 Å². The number of urea groups is 1. The van der Waals surface area contributed by atoms with E-state index in [1.54, 1.807) is 20.8 Å². The average molecular weight is 769 g/mol. The standard InChI is InChI=1S/C38H62F2N6O6S/c1-23-14-12-13-15-24(23)16-17-41-32(47)27(18-29(39)40)42-33(48)30-26-20-38(8,9)19-25(26)21-46(30)34(49)31(37(5,6)7)44-35(50)43-28(36(2,3)4)22-45(10)53(11,51)52/h12-15,25-31H,16-22H2,1-11H3,(H,41,47)(H,42,48)(H2,43,44,50)/t25?,26?,27-,28+,30-,31+/m0/s1. The van der Waals surface area contributed by atoms with Crippen molar-refractivity contribution in [2.24, 2.45) is 28.1 Å². The molecule has 2 aliphatic rings. The molecule has 2 unspecified atom stereocenters. The summed E-state index contributed by atoms with van der Waals surface area (Å²) in [6.07, 6.45) is -0.856. The highest BCUT2D eigenvalue weighted by Gasteiger charge is 2.55. The van der Waals surface area contributed by atoms with Gasteiger partial charge < -0.3 is 26.2 Å². The van der Waals surface area contributed by atoms with E-state index in [1.165, 1.54) is 11.9 Å². The van der Waals surface area contributed by atoms with E-state index in [2.05, 4.69) is 35.1 Å². The maximum Gasteiger partial charge on any atom is 0.315 e. The van der Waals surface area contributed by atoms with Crippen molar-refractivity contribution >= 4 is 33.8 Å². The number of nitrogens with zero attached hydrogens (tertiary/aromatic N) is 2. The van der Waals surface area contributed by atoms with E-state index in [9.17, 15) is 36.4 Å². The topological polar surface area (TPSA) is 157 Å². The van der Waals surface area contributed by atoms with E-state index in [-0.39, 0.29) is 36.9 Å². The van der Waals surface area contributed by atoms with Crippen LogP contribution < -0.4 is 21.3 Å². The van der Waals surface area contributed by atoms with Crippen molar-refractivity contribution in [3.63, 3.8) is 0 Å². The van der Waals surface area contributed by atoms with Gasteiger partial charge in [0.2, 0.25) is 34.2 Å². The lowest BCUT2D eigenvalue weighted by Crippen LogP contribution is -2.62. The summed E-state index contributed by atoms with van der Waals surface area (Å²) in [5.41, 5.74) is 0.529. The molecule has 0 spiro atoms. The number of rotatable bonds is 14. The number of alkyl halides is 2. The first-order valence-electron chi connectivity index (χ1n) is 18.4. The largest absolute Gasteiger partial charge is 0.354 e. The molecule has 4 N–H and O–H groups in total. The number of sulfonamides is 1. The second kappa shape index (κ2) is 17.0. The van der Waals surface area contributed by atoms with Crippen molar-refractivity contribution < 1.29 is 36.4 Å². The van der Waals surface area contributed by atoms with E-state index in [0.717, 1.165) is 28.1 Å². The monoisotopic (exact) mass is 768 g/mol. The minimum Gasteiger partial charge on any atom is -0.354 e. The van der Waals surface area contributed by atoms with Crippen molar-refractivity contribution in [1.82, 2.24) is 30.5 Å². The fourth-order valence-electron chi connectivity index (χ4n) is 7.55. The minimum atomic E-state index is -3.54. The number of carbonyl (C=O) groups excluding carboxylic acids is 4. The van der Waals surface area contributed by atoms with Crippen molar-refractivity contribution in [3.05, 3.63) is 35.4 Å². The molecule has 1 aliphatic carbocycles. The Kier molecular flexibility index (Phi) is 14.1. The van der Waals surface area contributed by atoms with Gasteiger partial charge in [0, 0.05) is 39.1 Å². The van der Waals surface area contributed by atoms with Crippen molar-refractivity contribution in [2.45, 2.75) is 119 Å². The van der Waals surface area contributed by atoms with Crippen LogP contribution in [0.25, 0.3) is 0 Å². The summed E-state index contributed by atoms with van der Waals surface area (Å²) in [5, 5.41) is 11.0. The van der Waals surface area contributed by atoms with E-state index in [0.29, 0.717) is 12.8 Å². The quantitative estimate of drug-likeness (QED) is 0.224. The van der Waals surface area contributed by atoms with Gasteiger partial charge in [-0.15, -0.1) is 0 Å². The van der Waals surface area contributed by atoms with Gasteiger partial charge >= 0.3 is 6.03 Å². The Hall–Kier alpha value is -3.33. The molecule has 1 aromatic rings. The molecule has 12 nitrogen and oxygen atoms in total. The first-order chi connectivity index (χ1) is 24.2. The lowest BCUT2D eigenvalue weighted by molar-refractivity contribution is -0.143. The van der Waals surface area contributed by atoms with E-state index >= 15 is 0 Å². The number of nitrogens with one attached hydrogen (secondary N) is 4. The van der Waals surface area contributed by atoms with Gasteiger partial charge in [-0.3, -0.25) is 14.4 Å². The molecule has 2 fully saturated rings. The summed E-state index contributed by atoms with van der Waals surface area (Å²) < 4.78 is 53.1. The van der Waals surface area contributed by atoms with E-state index in [4.69, 9.17) is 0 Å². The molecule has 5 amide bonds. The third-order valence-electron chi connectivity index (χ3n) is 10.7. The fraction of sp³-hybridized carbons (Fsp3) is 0.737. The number of likely N-dealkylation sites (N-methyl/N-ethyl adjacent to an activating group) is 1. The van der Waals surface area contributed by atoms with Crippen LogP contribution in [0.1, 0.15) is 85.8 Å². The Bertz CT molecular complexity index is 1590. The van der Waals surface area contributed by atoms with Crippen LogP contribution in [-0.4, -0.2) is 105 Å². The summed E-state index contributed by atoms with van der Waals surface area (Å²) in [5.74, 6) is -2.25. The highest BCUT2D eigenvalue weighted by atomic mass is 32.2. The molecule has 0 bridgehead atoms. The number of likely N-dealkylation sites (tertiary alicyclic amines) is 1. The molecule has 15 heteroatoms. The molecule has 53 heavy (non-hydrogen) atoms. The van der Waals surface area contributed by atoms with Gasteiger partial charge in [-0.05, 0) is 65.4 Å². The second-order valence-electron chi connectivity index (χ2n) is 18.0. The zero-order valence-corrected chi connectivity index (χ0v) is 34.1. The highest BCUT2D eigenvalue weighted by molar-refractivity contribution is 7.88. The summed E-state index contributed by atoms with van der Waals surface area (Å²) in [7, 11) is -2.11. The first kappa shape index (κ1) is 44.1. The summed E-state index contributed by atoms with van der Waals surface area (Å²) in [6, 6.07) is 2.67. The molecular weight excluding hydrogens is 707 g/mol. The minimum absolute atomic E-state index is 0.00332. The number of fused-ring (bicyclic) bond motifs is 1. The van der Waals surface area contributed by atoms with Crippen LogP contribution in [0, 0.1) is 35.0 Å². The van der Waals surface area contributed by atoms with Crippen molar-refractivity contribution in [3.8, 4) is 0 Å². The zero-order valence-electron chi connectivity index (χ0n) is 33.3. The molecule has 1 aromatic carbocycles. The van der Waals surface area contributed by atoms with Crippen molar-refractivity contribution in [1.29, 1.82) is 0 Å². The van der Waals surface area contributed by atoms with E-state index in [1.807, 2.05) is 52.0 Å². The van der Waals surface area contributed by atoms with Gasteiger partial charge in [0.05, 0.1) is 6.26 Å². The maximum absolute atomic E-state index is 14.5. The molecule has 300 valence electrons. The second-order valence-corrected chi connectivity index (χ2v) is 20.1. The Morgan fingerprint density at radius 3 is 2.15 bits per heavy atom. The van der Waals surface area contributed by atoms with Gasteiger partial charge in [0.25, 0.3) is 0 Å². The van der Waals surface area contributed by atoms with Gasteiger partial charge in [-0.2, -0.15) is 0 Å². The number of halogens is 2. The van der Waals surface area contributed by atoms with E-state index < -0.39 is 81.6 Å². The summed E-state index contributed by atoms with van der Waals surface area (Å²) >= 11 is 0. The number of amides is 5. The number of hydrogen-bond acceptors (Lipinski definition) is 6. The lowest BCUT2D eigenvalue weighted by atomic mass is 9.84. The van der Waals surface area contributed by atoms with Crippen LogP contribution in [0.2, 0.25) is 0 Å². The Balaban J connectivity index is 1.85. The number of carbonyl (C=O) groups is 4. The summed E-state index contributed by atoms with van der Waals surface area (Å²) in [6.45, 7) is 17.5. The van der Waals surface area contributed by atoms with Crippen LogP contribution in [0.5, 0.6) is 0 Å². The molecule has 1 saturated heterocycles. The number of hydrogen-bond donors (Lipinski definition) is 4. The Morgan fingerprint density at radius 2 is 1.60 bits per heavy atom. The number of aryl methyl sites for hydroxylation is 1. The zero-order chi connectivity index (χ0) is 40.3. The van der Waals surface area contributed by atoms with Gasteiger partial charge in [0.15, 0.2) is 0 Å². The number of benzene rings is 1. The molecule has 3 rings (SSSR count). The lowest BCUT2D eigenvalue weighted by Gasteiger charge is -2.38. The van der Waals surface area contributed by atoms with Crippen LogP contribution in [0.4, 0.5) is 13.6 Å². The fourth-order valence-corrected chi connectivity index (χ4v) is 7.97. The Morgan fingerprint density at radius 1 is 0.981 bits per heavy atom. The molecule has 1 aliphatic heterocycles. The van der Waals surface area contributed by atoms with Crippen LogP contribution >= 0.6 is 0 Å². The summed E-state index contributed by atoms with van der Waals surface area (Å²) in [4.78, 5) is 57.0. The first-order valence-corrected chi connectivity index (χ1v) is 20.3. The normalized spacial score (nSPS) is 21.9. The van der Waals surface area contributed by atoms with Crippen LogP contribution in [-0.2, 0) is 30.8 Å². The smallest absolute Gasteiger partial charge is 0.315 e.